The van der Waals surface area contributed by atoms with Crippen molar-refractivity contribution in [2.24, 2.45) is 7.05 Å². The van der Waals surface area contributed by atoms with Crippen molar-refractivity contribution in [1.82, 2.24) is 18.7 Å². The van der Waals surface area contributed by atoms with Gasteiger partial charge in [-0.25, -0.2) is 4.98 Å². The zero-order valence-corrected chi connectivity index (χ0v) is 34.1. The average Bonchev–Trinajstić information content (AvgIpc) is 3.92. The molecule has 0 atom stereocenters. The maximum atomic E-state index is 5.34. The molecule has 0 aliphatic carbocycles. The van der Waals surface area contributed by atoms with Gasteiger partial charge in [0.25, 0.3) is 0 Å². The maximum absolute atomic E-state index is 5.34. The molecule has 3 heterocycles. The summed E-state index contributed by atoms with van der Waals surface area (Å²) >= 11 is 0. The summed E-state index contributed by atoms with van der Waals surface area (Å²) in [6, 6.07) is 68.4. The average molecular weight is 774 g/mol. The molecule has 0 amide bonds. The van der Waals surface area contributed by atoms with E-state index in [-0.39, 0.29) is 0 Å². The minimum atomic E-state index is 0.935. The first-order chi connectivity index (χ1) is 29.4. The first kappa shape index (κ1) is 35.5. The van der Waals surface area contributed by atoms with Crippen molar-refractivity contribution in [3.63, 3.8) is 0 Å². The molecule has 0 unspecified atom stereocenters. The van der Waals surface area contributed by atoms with Crippen molar-refractivity contribution in [3.8, 4) is 34.0 Å². The third-order valence-electron chi connectivity index (χ3n) is 12.1. The molecule has 0 bridgehead atoms. The highest BCUT2D eigenvalue weighted by atomic mass is 15.1. The molecule has 0 radical (unpaired) electrons. The Bertz CT molecular complexity index is 3340. The van der Waals surface area contributed by atoms with Gasteiger partial charge in [0.05, 0.1) is 38.8 Å². The van der Waals surface area contributed by atoms with Gasteiger partial charge in [-0.15, -0.1) is 0 Å². The fourth-order valence-corrected chi connectivity index (χ4v) is 9.05. The molecular formula is C55H43N5. The zero-order valence-electron chi connectivity index (χ0n) is 34.1. The number of aryl methyl sites for hydroxylation is 4. The predicted molar refractivity (Wildman–Crippen MR) is 252 cm³/mol. The quantitative estimate of drug-likeness (QED) is 0.161. The van der Waals surface area contributed by atoms with Crippen molar-refractivity contribution in [2.75, 3.05) is 4.90 Å². The lowest BCUT2D eigenvalue weighted by molar-refractivity contribution is 0.960. The molecule has 8 aromatic carbocycles. The molecule has 0 saturated heterocycles. The van der Waals surface area contributed by atoms with E-state index < -0.39 is 0 Å². The Hall–Kier alpha value is -7.63. The number of aromatic nitrogens is 4. The minimum absolute atomic E-state index is 0.935. The van der Waals surface area contributed by atoms with Crippen LogP contribution in [0.3, 0.4) is 0 Å². The maximum Gasteiger partial charge on any atom is 0.143 e. The molecule has 288 valence electrons. The van der Waals surface area contributed by atoms with E-state index in [0.717, 1.165) is 73.0 Å². The highest BCUT2D eigenvalue weighted by Gasteiger charge is 2.26. The summed E-state index contributed by atoms with van der Waals surface area (Å²) in [4.78, 5) is 7.68. The van der Waals surface area contributed by atoms with Crippen LogP contribution in [-0.4, -0.2) is 18.7 Å². The molecular weight excluding hydrogens is 731 g/mol. The van der Waals surface area contributed by atoms with Gasteiger partial charge in [0, 0.05) is 57.2 Å². The topological polar surface area (TPSA) is 30.9 Å². The van der Waals surface area contributed by atoms with E-state index in [1.165, 1.54) is 38.5 Å². The molecule has 0 aliphatic rings. The Morgan fingerprint density at radius 3 is 1.50 bits per heavy atom. The van der Waals surface area contributed by atoms with Gasteiger partial charge in [0.2, 0.25) is 0 Å². The number of benzene rings is 8. The molecule has 5 heteroatoms. The summed E-state index contributed by atoms with van der Waals surface area (Å²) in [5, 5.41) is 3.58. The van der Waals surface area contributed by atoms with E-state index >= 15 is 0 Å². The fourth-order valence-electron chi connectivity index (χ4n) is 9.05. The monoisotopic (exact) mass is 773 g/mol. The van der Waals surface area contributed by atoms with Gasteiger partial charge in [-0.1, -0.05) is 108 Å². The van der Waals surface area contributed by atoms with Crippen LogP contribution in [-0.2, 0) is 7.05 Å². The molecule has 0 N–H and O–H groups in total. The number of para-hydroxylation sites is 4. The Morgan fingerprint density at radius 1 is 0.417 bits per heavy atom. The van der Waals surface area contributed by atoms with Crippen LogP contribution in [0, 0.1) is 20.8 Å². The van der Waals surface area contributed by atoms with Gasteiger partial charge in [-0.05, 0) is 118 Å². The predicted octanol–water partition coefficient (Wildman–Crippen LogP) is 14.3. The van der Waals surface area contributed by atoms with Gasteiger partial charge in [-0.3, -0.25) is 0 Å². The van der Waals surface area contributed by atoms with Gasteiger partial charge < -0.3 is 18.6 Å². The smallest absolute Gasteiger partial charge is 0.143 e. The highest BCUT2D eigenvalue weighted by molar-refractivity contribution is 6.12. The van der Waals surface area contributed by atoms with Crippen LogP contribution in [0.15, 0.2) is 188 Å². The molecule has 11 aromatic rings. The summed E-state index contributed by atoms with van der Waals surface area (Å²) < 4.78 is 7.08. The molecule has 0 fully saturated rings. The summed E-state index contributed by atoms with van der Waals surface area (Å²) in [5.41, 5.74) is 18.2. The van der Waals surface area contributed by atoms with Crippen molar-refractivity contribution >= 4 is 60.8 Å². The lowest BCUT2D eigenvalue weighted by Crippen LogP contribution is -2.10. The van der Waals surface area contributed by atoms with E-state index in [1.54, 1.807) is 0 Å². The summed E-state index contributed by atoms with van der Waals surface area (Å²) in [6.07, 6.45) is 0. The van der Waals surface area contributed by atoms with Gasteiger partial charge >= 0.3 is 0 Å². The van der Waals surface area contributed by atoms with Crippen LogP contribution in [0.4, 0.5) is 17.1 Å². The van der Waals surface area contributed by atoms with E-state index in [4.69, 9.17) is 4.98 Å². The van der Waals surface area contributed by atoms with Crippen LogP contribution in [0.25, 0.3) is 77.8 Å². The molecule has 0 spiro atoms. The fraction of sp³-hybridized carbons (Fsp3) is 0.0727. The summed E-state index contributed by atoms with van der Waals surface area (Å²) in [7, 11) is 2.14. The second kappa shape index (κ2) is 14.0. The van der Waals surface area contributed by atoms with Crippen LogP contribution in [0.1, 0.15) is 16.7 Å². The van der Waals surface area contributed by atoms with Gasteiger partial charge in [0.1, 0.15) is 5.82 Å². The molecule has 0 saturated carbocycles. The van der Waals surface area contributed by atoms with Gasteiger partial charge in [0.15, 0.2) is 0 Å². The normalized spacial score (nSPS) is 11.7. The van der Waals surface area contributed by atoms with E-state index in [0.29, 0.717) is 0 Å². The summed E-state index contributed by atoms with van der Waals surface area (Å²) in [5.74, 6) is 0.935. The largest absolute Gasteiger partial charge is 0.327 e. The number of nitrogens with zero attached hydrogens (tertiary/aromatic N) is 5. The van der Waals surface area contributed by atoms with Crippen LogP contribution in [0.5, 0.6) is 0 Å². The van der Waals surface area contributed by atoms with Crippen molar-refractivity contribution in [3.05, 3.63) is 205 Å². The number of hydrogen-bond donors (Lipinski definition) is 0. The molecule has 11 rings (SSSR count). The third-order valence-corrected chi connectivity index (χ3v) is 12.1. The highest BCUT2D eigenvalue weighted by Crippen LogP contribution is 2.45. The molecule has 0 aliphatic heterocycles. The SMILES string of the molecule is Cc1ccc(N(c2ccc(C)cc2)c2ccc(-n3c(-c4ccc5c(c4)c4ccccc4n5-c4ccc(C)cc4)c(-c4nc5ccccc5n4C)c4ccccc43)cc2)cc1. The Kier molecular flexibility index (Phi) is 8.31. The number of fused-ring (bicyclic) bond motifs is 5. The van der Waals surface area contributed by atoms with E-state index in [9.17, 15) is 0 Å². The Morgan fingerprint density at radius 2 is 0.883 bits per heavy atom. The molecule has 3 aromatic heterocycles. The zero-order chi connectivity index (χ0) is 40.5. The van der Waals surface area contributed by atoms with Crippen LogP contribution >= 0.6 is 0 Å². The second-order valence-corrected chi connectivity index (χ2v) is 16.0. The van der Waals surface area contributed by atoms with Crippen molar-refractivity contribution in [2.45, 2.75) is 20.8 Å². The van der Waals surface area contributed by atoms with Crippen molar-refractivity contribution < 1.29 is 0 Å². The summed E-state index contributed by atoms with van der Waals surface area (Å²) in [6.45, 7) is 6.41. The van der Waals surface area contributed by atoms with Gasteiger partial charge in [-0.2, -0.15) is 0 Å². The van der Waals surface area contributed by atoms with Crippen molar-refractivity contribution in [1.29, 1.82) is 0 Å². The minimum Gasteiger partial charge on any atom is -0.327 e. The number of imidazole rings is 1. The number of rotatable bonds is 7. The number of hydrogen-bond acceptors (Lipinski definition) is 2. The first-order valence-electron chi connectivity index (χ1n) is 20.6. The van der Waals surface area contributed by atoms with Crippen LogP contribution < -0.4 is 4.90 Å². The first-order valence-corrected chi connectivity index (χ1v) is 20.6. The standard InChI is InChI=1S/C55H43N5/c1-36-17-24-40(25-18-36)58(41-26-19-37(2)20-27-41)42-30-32-44(33-31-42)60-50-15-9-6-12-46(50)53(55-56-48-13-7-10-16-52(48)57(55)4)54(60)39-23-34-51-47(35-39)45-11-5-8-14-49(45)59(51)43-28-21-38(3)22-29-43/h5-35H,1-4H3. The molecule has 60 heavy (non-hydrogen) atoms. The Balaban J connectivity index is 1.17. The number of anilines is 3. The van der Waals surface area contributed by atoms with Crippen LogP contribution in [0.2, 0.25) is 0 Å². The second-order valence-electron chi connectivity index (χ2n) is 16.0. The van der Waals surface area contributed by atoms with E-state index in [1.807, 2.05) is 0 Å². The third kappa shape index (κ3) is 5.73. The lowest BCUT2D eigenvalue weighted by Gasteiger charge is -2.26. The lowest BCUT2D eigenvalue weighted by atomic mass is 10.0. The van der Waals surface area contributed by atoms with E-state index in [2.05, 4.69) is 234 Å². The Labute approximate surface area is 349 Å². The molecule has 5 nitrogen and oxygen atoms in total.